The molecule has 0 atom stereocenters. The summed E-state index contributed by atoms with van der Waals surface area (Å²) in [6.07, 6.45) is 0.137. The Labute approximate surface area is 121 Å². The predicted molar refractivity (Wildman–Crippen MR) is 76.5 cm³/mol. The van der Waals surface area contributed by atoms with E-state index in [1.165, 1.54) is 18.2 Å². The highest BCUT2D eigenvalue weighted by Gasteiger charge is 2.24. The normalized spacial score (nSPS) is 13.8. The van der Waals surface area contributed by atoms with E-state index < -0.39 is 0 Å². The highest BCUT2D eigenvalue weighted by molar-refractivity contribution is 5.70. The summed E-state index contributed by atoms with van der Waals surface area (Å²) in [5.41, 5.74) is 1.79. The van der Waals surface area contributed by atoms with Crippen LogP contribution in [-0.2, 0) is 6.42 Å². The Morgan fingerprint density at radius 3 is 2.38 bits per heavy atom. The number of aliphatic hydroxyl groups is 1. The Hall–Kier alpha value is -2.82. The van der Waals surface area contributed by atoms with Gasteiger partial charge in [0.25, 0.3) is 0 Å². The second kappa shape index (κ2) is 4.63. The van der Waals surface area contributed by atoms with Gasteiger partial charge in [-0.25, -0.2) is 0 Å². The lowest BCUT2D eigenvalue weighted by Gasteiger charge is -2.22. The Morgan fingerprint density at radius 2 is 1.67 bits per heavy atom. The molecule has 0 aliphatic carbocycles. The van der Waals surface area contributed by atoms with Gasteiger partial charge in [-0.05, 0) is 42.8 Å². The van der Waals surface area contributed by atoms with Crippen LogP contribution in [0.1, 0.15) is 16.7 Å². The maximum atomic E-state index is 10.1. The van der Waals surface area contributed by atoms with Crippen LogP contribution in [0.15, 0.2) is 36.1 Å². The average molecular weight is 286 g/mol. The number of ether oxygens (including phenoxy) is 1. The van der Waals surface area contributed by atoms with Gasteiger partial charge >= 0.3 is 0 Å². The number of phenolic OH excluding ortho intramolecular Hbond substituents is 3. The molecular weight excluding hydrogens is 272 g/mol. The molecule has 2 aromatic rings. The molecule has 0 aromatic heterocycles. The molecule has 5 heteroatoms. The Kier molecular flexibility index (Phi) is 2.90. The van der Waals surface area contributed by atoms with Gasteiger partial charge in [0.2, 0.25) is 0 Å². The van der Waals surface area contributed by atoms with E-state index in [2.05, 4.69) is 0 Å². The molecule has 108 valence electrons. The number of aryl methyl sites for hydroxylation is 1. The largest absolute Gasteiger partial charge is 0.508 e. The number of allylic oxidation sites excluding steroid dienone is 1. The average Bonchev–Trinajstić information content (AvgIpc) is 2.42. The van der Waals surface area contributed by atoms with Gasteiger partial charge in [-0.3, -0.25) is 0 Å². The minimum absolute atomic E-state index is 0.0493. The van der Waals surface area contributed by atoms with Crippen molar-refractivity contribution in [3.8, 4) is 23.0 Å². The zero-order valence-electron chi connectivity index (χ0n) is 11.3. The van der Waals surface area contributed by atoms with Crippen LogP contribution in [0.25, 0.3) is 5.76 Å². The zero-order valence-corrected chi connectivity index (χ0v) is 11.3. The molecule has 0 saturated carbocycles. The third kappa shape index (κ3) is 2.23. The van der Waals surface area contributed by atoms with E-state index in [4.69, 9.17) is 4.74 Å². The Balaban J connectivity index is 2.07. The predicted octanol–water partition coefficient (Wildman–Crippen LogP) is 2.97. The first-order valence-corrected chi connectivity index (χ1v) is 6.40. The van der Waals surface area contributed by atoms with E-state index in [0.29, 0.717) is 16.9 Å². The third-order valence-electron chi connectivity index (χ3n) is 3.39. The van der Waals surface area contributed by atoms with Crippen LogP contribution in [0.3, 0.4) is 0 Å². The molecule has 0 spiro atoms. The van der Waals surface area contributed by atoms with Gasteiger partial charge in [0.1, 0.15) is 17.3 Å². The fourth-order valence-corrected chi connectivity index (χ4v) is 2.34. The van der Waals surface area contributed by atoms with Crippen LogP contribution in [0, 0.1) is 6.92 Å². The molecule has 1 heterocycles. The molecule has 1 aliphatic heterocycles. The maximum Gasteiger partial charge on any atom is 0.172 e. The van der Waals surface area contributed by atoms with Crippen molar-refractivity contribution in [3.05, 3.63) is 52.8 Å². The lowest BCUT2D eigenvalue weighted by molar-refractivity contribution is 0.351. The first-order valence-electron chi connectivity index (χ1n) is 6.40. The van der Waals surface area contributed by atoms with Gasteiger partial charge in [-0.2, -0.15) is 0 Å². The topological polar surface area (TPSA) is 90.2 Å². The van der Waals surface area contributed by atoms with Gasteiger partial charge in [0.15, 0.2) is 17.3 Å². The van der Waals surface area contributed by atoms with Crippen LogP contribution in [0.2, 0.25) is 0 Å². The maximum absolute atomic E-state index is 10.1. The number of hydrogen-bond donors (Lipinski definition) is 4. The molecule has 1 aliphatic rings. The minimum Gasteiger partial charge on any atom is -0.508 e. The molecule has 5 nitrogen and oxygen atoms in total. The number of aliphatic hydroxyl groups excluding tert-OH is 1. The summed E-state index contributed by atoms with van der Waals surface area (Å²) in [6.45, 7) is 1.83. The van der Waals surface area contributed by atoms with Crippen molar-refractivity contribution in [2.24, 2.45) is 0 Å². The molecule has 4 N–H and O–H groups in total. The number of hydrogen-bond acceptors (Lipinski definition) is 5. The highest BCUT2D eigenvalue weighted by Crippen LogP contribution is 2.40. The summed E-state index contributed by atoms with van der Waals surface area (Å²) >= 11 is 0. The van der Waals surface area contributed by atoms with Crippen LogP contribution in [-0.4, -0.2) is 20.4 Å². The van der Waals surface area contributed by atoms with Gasteiger partial charge in [0, 0.05) is 17.5 Å². The van der Waals surface area contributed by atoms with Gasteiger partial charge < -0.3 is 25.2 Å². The fourth-order valence-electron chi connectivity index (χ4n) is 2.34. The third-order valence-corrected chi connectivity index (χ3v) is 3.39. The molecule has 0 unspecified atom stereocenters. The van der Waals surface area contributed by atoms with Crippen LogP contribution in [0.4, 0.5) is 0 Å². The number of rotatable bonds is 1. The van der Waals surface area contributed by atoms with Crippen molar-refractivity contribution in [1.82, 2.24) is 0 Å². The summed E-state index contributed by atoms with van der Waals surface area (Å²) in [5, 5.41) is 38.9. The zero-order chi connectivity index (χ0) is 15.1. The van der Waals surface area contributed by atoms with Crippen molar-refractivity contribution >= 4 is 5.76 Å². The van der Waals surface area contributed by atoms with Gasteiger partial charge in [-0.15, -0.1) is 0 Å². The first kappa shape index (κ1) is 13.2. The number of fused-ring (bicyclic) bond motifs is 1. The SMILES string of the molecule is Cc1cc(O)c2c(c1)OC(c1ccc(O)c(O)c1)=C(O)C2. The Bertz CT molecular complexity index is 762. The molecule has 2 aromatic carbocycles. The van der Waals surface area contributed by atoms with Crippen LogP contribution in [0.5, 0.6) is 23.0 Å². The lowest BCUT2D eigenvalue weighted by Crippen LogP contribution is -2.10. The second-order valence-corrected chi connectivity index (χ2v) is 5.02. The molecule has 0 radical (unpaired) electrons. The highest BCUT2D eigenvalue weighted by atomic mass is 16.5. The molecular formula is C16H14O5. The fraction of sp³-hybridized carbons (Fsp3) is 0.125. The second-order valence-electron chi connectivity index (χ2n) is 5.02. The van der Waals surface area contributed by atoms with Crippen LogP contribution >= 0.6 is 0 Å². The molecule has 0 amide bonds. The summed E-state index contributed by atoms with van der Waals surface area (Å²) in [7, 11) is 0. The van der Waals surface area contributed by atoms with E-state index in [0.717, 1.165) is 5.56 Å². The van der Waals surface area contributed by atoms with Crippen molar-refractivity contribution in [2.75, 3.05) is 0 Å². The number of benzene rings is 2. The van der Waals surface area contributed by atoms with Crippen molar-refractivity contribution < 1.29 is 25.2 Å². The molecule has 0 fully saturated rings. The van der Waals surface area contributed by atoms with Crippen molar-refractivity contribution in [1.29, 1.82) is 0 Å². The van der Waals surface area contributed by atoms with Crippen molar-refractivity contribution in [3.63, 3.8) is 0 Å². The molecule has 3 rings (SSSR count). The Morgan fingerprint density at radius 1 is 0.905 bits per heavy atom. The van der Waals surface area contributed by atoms with E-state index >= 15 is 0 Å². The van der Waals surface area contributed by atoms with Gasteiger partial charge in [0.05, 0.1) is 0 Å². The lowest BCUT2D eigenvalue weighted by atomic mass is 10.0. The molecule has 21 heavy (non-hydrogen) atoms. The van der Waals surface area contributed by atoms with Crippen molar-refractivity contribution in [2.45, 2.75) is 13.3 Å². The quantitative estimate of drug-likeness (QED) is 0.605. The first-order chi connectivity index (χ1) is 9.95. The molecule has 0 bridgehead atoms. The van der Waals surface area contributed by atoms with Crippen LogP contribution < -0.4 is 4.74 Å². The monoisotopic (exact) mass is 286 g/mol. The summed E-state index contributed by atoms with van der Waals surface area (Å²) in [6, 6.07) is 7.52. The van der Waals surface area contributed by atoms with E-state index in [9.17, 15) is 20.4 Å². The number of phenols is 3. The van der Waals surface area contributed by atoms with Gasteiger partial charge in [-0.1, -0.05) is 0 Å². The van der Waals surface area contributed by atoms with E-state index in [1.807, 2.05) is 6.92 Å². The summed E-state index contributed by atoms with van der Waals surface area (Å²) in [4.78, 5) is 0. The molecule has 0 saturated heterocycles. The standard InChI is InChI=1S/C16H14O5/c1-8-4-12(18)10-7-14(20)16(21-15(10)5-8)9-2-3-11(17)13(19)6-9/h2-6,17-20H,7H2,1H3. The van der Waals surface area contributed by atoms with E-state index in [1.54, 1.807) is 12.1 Å². The summed E-state index contributed by atoms with van der Waals surface area (Å²) < 4.78 is 5.66. The summed E-state index contributed by atoms with van der Waals surface area (Å²) in [5.74, 6) is 0.143. The minimum atomic E-state index is -0.297. The number of aromatic hydroxyl groups is 3. The van der Waals surface area contributed by atoms with E-state index in [-0.39, 0.29) is 35.2 Å². The smallest absolute Gasteiger partial charge is 0.172 e.